The minimum atomic E-state index is 0.0169. The topological polar surface area (TPSA) is 83.9 Å². The van der Waals surface area contributed by atoms with Crippen molar-refractivity contribution < 1.29 is 9.70 Å². The van der Waals surface area contributed by atoms with Crippen molar-refractivity contribution in [2.24, 2.45) is 27.7 Å². The molecule has 0 spiro atoms. The van der Waals surface area contributed by atoms with Crippen LogP contribution in [0, 0.1) is 11.8 Å². The van der Waals surface area contributed by atoms with Gasteiger partial charge in [-0.2, -0.15) is 10.8 Å². The van der Waals surface area contributed by atoms with Crippen LogP contribution in [0.25, 0.3) is 22.2 Å². The Bertz CT molecular complexity index is 1330. The van der Waals surface area contributed by atoms with Crippen LogP contribution in [0.2, 0.25) is 0 Å². The number of benzene rings is 2. The molecule has 158 valence electrons. The van der Waals surface area contributed by atoms with Crippen molar-refractivity contribution in [3.05, 3.63) is 90.0 Å². The Morgan fingerprint density at radius 3 is 2.62 bits per heavy atom. The summed E-state index contributed by atoms with van der Waals surface area (Å²) in [6.07, 6.45) is 7.30. The molecule has 1 atom stereocenters. The summed E-state index contributed by atoms with van der Waals surface area (Å²) in [5.41, 5.74) is 5.79. The number of fused-ring (bicyclic) bond motifs is 2. The van der Waals surface area contributed by atoms with Gasteiger partial charge < -0.3 is 5.11 Å². The highest BCUT2D eigenvalue weighted by Crippen LogP contribution is 2.44. The summed E-state index contributed by atoms with van der Waals surface area (Å²) >= 11 is 0. The first-order valence-corrected chi connectivity index (χ1v) is 11.0. The number of rotatable bonds is 4. The largest absolute Gasteiger partial charge is 0.396 e. The zero-order valence-electron chi connectivity index (χ0n) is 17.6. The number of hydrogen-bond acceptors (Lipinski definition) is 5. The molecule has 6 nitrogen and oxygen atoms in total. The summed E-state index contributed by atoms with van der Waals surface area (Å²) in [6.45, 7) is 0.229. The van der Waals surface area contributed by atoms with Crippen LogP contribution in [0.4, 0.5) is 0 Å². The second kappa shape index (κ2) is 7.31. The van der Waals surface area contributed by atoms with Gasteiger partial charge in [-0.1, -0.05) is 42.5 Å². The van der Waals surface area contributed by atoms with Gasteiger partial charge in [0.05, 0.1) is 29.2 Å². The second-order valence-electron chi connectivity index (χ2n) is 8.75. The molecule has 0 saturated heterocycles. The van der Waals surface area contributed by atoms with Gasteiger partial charge >= 0.3 is 0 Å². The van der Waals surface area contributed by atoms with E-state index in [1.54, 1.807) is 6.20 Å². The van der Waals surface area contributed by atoms with Crippen LogP contribution in [-0.2, 0) is 0 Å². The zero-order valence-corrected chi connectivity index (χ0v) is 17.6. The van der Waals surface area contributed by atoms with E-state index < -0.39 is 0 Å². The fourth-order valence-electron chi connectivity index (χ4n) is 4.84. The molecule has 3 heterocycles. The molecule has 0 amide bonds. The van der Waals surface area contributed by atoms with Crippen LogP contribution in [0.3, 0.4) is 0 Å². The predicted octanol–water partition coefficient (Wildman–Crippen LogP) is 4.14. The van der Waals surface area contributed by atoms with Gasteiger partial charge in [0.2, 0.25) is 5.70 Å². The maximum atomic E-state index is 9.44. The summed E-state index contributed by atoms with van der Waals surface area (Å²) in [5, 5.41) is 10.5. The number of aliphatic hydroxyl groups is 1. The Morgan fingerprint density at radius 2 is 1.81 bits per heavy atom. The van der Waals surface area contributed by atoms with Gasteiger partial charge in [-0.3, -0.25) is 4.99 Å². The first-order chi connectivity index (χ1) is 15.7. The summed E-state index contributed by atoms with van der Waals surface area (Å²) in [5.74, 6) is 8.32. The summed E-state index contributed by atoms with van der Waals surface area (Å²) in [7, 11) is 0. The smallest absolute Gasteiger partial charge is 0.264 e. The highest BCUT2D eigenvalue weighted by Gasteiger charge is 2.47. The van der Waals surface area contributed by atoms with Crippen molar-refractivity contribution in [1.29, 1.82) is 0 Å². The van der Waals surface area contributed by atoms with Gasteiger partial charge in [0, 0.05) is 23.5 Å². The summed E-state index contributed by atoms with van der Waals surface area (Å²) in [6, 6.07) is 20.6. The number of hydrogen-bond donors (Lipinski definition) is 2. The van der Waals surface area contributed by atoms with Crippen LogP contribution in [-0.4, -0.2) is 33.3 Å². The van der Waals surface area contributed by atoms with E-state index >= 15 is 0 Å². The van der Waals surface area contributed by atoms with E-state index in [4.69, 9.17) is 15.8 Å². The third-order valence-corrected chi connectivity index (χ3v) is 6.72. The molecular weight excluding hydrogens is 398 g/mol. The lowest BCUT2D eigenvalue weighted by atomic mass is 9.73. The first-order valence-electron chi connectivity index (χ1n) is 11.0. The maximum absolute atomic E-state index is 9.44. The Balaban J connectivity index is 1.42. The highest BCUT2D eigenvalue weighted by atomic mass is 16.3. The van der Waals surface area contributed by atoms with Crippen LogP contribution in [0.1, 0.15) is 18.4 Å². The van der Waals surface area contributed by atoms with E-state index in [1.165, 1.54) is 0 Å². The highest BCUT2D eigenvalue weighted by molar-refractivity contribution is 6.02. The molecule has 32 heavy (non-hydrogen) atoms. The summed E-state index contributed by atoms with van der Waals surface area (Å²) < 4.78 is 0.0169. The van der Waals surface area contributed by atoms with E-state index in [0.717, 1.165) is 57.8 Å². The van der Waals surface area contributed by atoms with Crippen LogP contribution >= 0.6 is 0 Å². The van der Waals surface area contributed by atoms with Crippen molar-refractivity contribution in [2.45, 2.75) is 12.8 Å². The molecule has 2 aliphatic heterocycles. The third kappa shape index (κ3) is 2.96. The van der Waals surface area contributed by atoms with Crippen LogP contribution < -0.4 is 5.84 Å². The third-order valence-electron chi connectivity index (χ3n) is 6.72. The number of pyridine rings is 1. The average molecular weight is 423 g/mol. The van der Waals surface area contributed by atoms with Gasteiger partial charge in [0.15, 0.2) is 0 Å². The second-order valence-corrected chi connectivity index (χ2v) is 8.75. The number of nitrogens with two attached hydrogens (primary N) is 1. The summed E-state index contributed by atoms with van der Waals surface area (Å²) in [4.78, 5) is 14.3. The van der Waals surface area contributed by atoms with Crippen LogP contribution in [0.15, 0.2) is 94.4 Å². The molecule has 1 aliphatic carbocycles. The zero-order chi connectivity index (χ0) is 21.7. The monoisotopic (exact) mass is 422 g/mol. The number of quaternary nitrogens is 1. The molecule has 1 fully saturated rings. The number of aromatic nitrogens is 1. The van der Waals surface area contributed by atoms with Gasteiger partial charge in [0.1, 0.15) is 11.9 Å². The van der Waals surface area contributed by atoms with E-state index in [9.17, 15) is 5.11 Å². The number of aliphatic hydroxyl groups excluding tert-OH is 1. The minimum absolute atomic E-state index is 0.0169. The van der Waals surface area contributed by atoms with E-state index in [1.807, 2.05) is 30.6 Å². The van der Waals surface area contributed by atoms with Gasteiger partial charge in [-0.05, 0) is 37.0 Å². The van der Waals surface area contributed by atoms with Gasteiger partial charge in [-0.25, -0.2) is 4.98 Å². The van der Waals surface area contributed by atoms with Crippen molar-refractivity contribution in [3.8, 4) is 11.3 Å². The molecule has 1 aromatic heterocycles. The van der Waals surface area contributed by atoms with Crippen molar-refractivity contribution in [1.82, 2.24) is 4.98 Å². The Kier molecular flexibility index (Phi) is 4.40. The molecule has 6 rings (SSSR count). The molecule has 3 aliphatic rings. The van der Waals surface area contributed by atoms with Gasteiger partial charge in [0.25, 0.3) is 5.84 Å². The Morgan fingerprint density at radius 1 is 1.00 bits per heavy atom. The van der Waals surface area contributed by atoms with Gasteiger partial charge in [-0.15, -0.1) is 4.59 Å². The van der Waals surface area contributed by atoms with E-state index in [2.05, 4.69) is 47.5 Å². The molecule has 6 heteroatoms. The standard InChI is InChI=1S/C26H24N5O/c27-31-11-10-28-15-24(31)25(21-12-17(13-21)16-32)30-26(31)20-7-6-19-8-9-22(29-23(19)14-20)18-4-2-1-3-5-18/h1-11,14-15,17,21,32H,12-13,16,27H2/q+1. The molecule has 1 unspecified atom stereocenters. The number of amidine groups is 1. The lowest BCUT2D eigenvalue weighted by Crippen LogP contribution is -2.53. The van der Waals surface area contributed by atoms with E-state index in [0.29, 0.717) is 11.8 Å². The number of allylic oxidation sites excluding steroid dienone is 2. The Hall–Kier alpha value is -3.45. The Labute approximate surface area is 186 Å². The molecular formula is C26H24N5O+. The predicted molar refractivity (Wildman–Crippen MR) is 126 cm³/mol. The normalized spacial score (nSPS) is 26.2. The molecule has 1 saturated carbocycles. The molecule has 3 aromatic rings. The van der Waals surface area contributed by atoms with Crippen LogP contribution in [0.5, 0.6) is 0 Å². The first kappa shape index (κ1) is 19.3. The lowest BCUT2D eigenvalue weighted by molar-refractivity contribution is -0.750. The SMILES string of the molecule is N[N+]12C=CN=CC1=C(C1CC(CO)C1)N=C2c1ccc2ccc(-c3ccccc3)nc2c1. The lowest BCUT2D eigenvalue weighted by Gasteiger charge is -2.33. The van der Waals surface area contributed by atoms with E-state index in [-0.39, 0.29) is 11.2 Å². The molecule has 0 radical (unpaired) electrons. The minimum Gasteiger partial charge on any atom is -0.396 e. The number of nitrogens with zero attached hydrogens (tertiary/aromatic N) is 4. The maximum Gasteiger partial charge on any atom is 0.264 e. The quantitative estimate of drug-likeness (QED) is 0.490. The van der Waals surface area contributed by atoms with Crippen molar-refractivity contribution >= 4 is 23.0 Å². The molecule has 0 bridgehead atoms. The fourth-order valence-corrected chi connectivity index (χ4v) is 4.84. The number of aliphatic imine (C=N–C) groups is 2. The van der Waals surface area contributed by atoms with Crippen molar-refractivity contribution in [3.63, 3.8) is 0 Å². The average Bonchev–Trinajstić information content (AvgIpc) is 3.11. The molecule has 3 N–H and O–H groups in total. The molecule has 2 aromatic carbocycles. The fraction of sp³-hybridized carbons (Fsp3) is 0.192. The van der Waals surface area contributed by atoms with Crippen molar-refractivity contribution in [2.75, 3.05) is 6.61 Å².